The van der Waals surface area contributed by atoms with Gasteiger partial charge in [-0.3, -0.25) is 9.59 Å². The first-order valence-electron chi connectivity index (χ1n) is 13.5. The summed E-state index contributed by atoms with van der Waals surface area (Å²) in [6, 6.07) is 0. The maximum Gasteiger partial charge on any atom is 0.335 e. The number of hydrogen-bond donors (Lipinski definition) is 6. The summed E-state index contributed by atoms with van der Waals surface area (Å²) in [6.45, 7) is 3.23. The summed E-state index contributed by atoms with van der Waals surface area (Å²) < 4.78 is 10.5. The Morgan fingerprint density at radius 1 is 1.05 bits per heavy atom. The monoisotopic (exact) mass is 538 g/mol. The number of hydrogen-bond acceptors (Lipinski definition) is 10. The van der Waals surface area contributed by atoms with Crippen molar-refractivity contribution in [3.05, 3.63) is 11.6 Å². The minimum atomic E-state index is -1.89. The molecule has 11 nitrogen and oxygen atoms in total. The number of carbonyl (C=O) groups excluding carboxylic acids is 2. The van der Waals surface area contributed by atoms with Crippen molar-refractivity contribution in [1.29, 1.82) is 0 Å². The zero-order valence-corrected chi connectivity index (χ0v) is 21.7. The Hall–Kier alpha value is -1.73. The molecule has 38 heavy (non-hydrogen) atoms. The van der Waals surface area contributed by atoms with Gasteiger partial charge in [0.15, 0.2) is 24.0 Å². The van der Waals surface area contributed by atoms with Gasteiger partial charge < -0.3 is 40.1 Å². The Morgan fingerprint density at radius 2 is 1.76 bits per heavy atom. The maximum absolute atomic E-state index is 13.5. The van der Waals surface area contributed by atoms with E-state index in [-0.39, 0.29) is 41.8 Å². The lowest BCUT2D eigenvalue weighted by molar-refractivity contribution is -0.293. The number of Topliss-reactive ketones (excluding diaryl/α,β-unsaturated/α-hetero) is 1. The number of aliphatic hydroxyl groups is 5. The topological polar surface area (TPSA) is 191 Å². The van der Waals surface area contributed by atoms with Gasteiger partial charge in [-0.25, -0.2) is 4.79 Å². The van der Waals surface area contributed by atoms with E-state index in [2.05, 4.69) is 6.92 Å². The summed E-state index contributed by atoms with van der Waals surface area (Å²) in [5.41, 5.74) is -1.98. The van der Waals surface area contributed by atoms with Crippen LogP contribution in [0.25, 0.3) is 0 Å². The third-order valence-corrected chi connectivity index (χ3v) is 10.7. The van der Waals surface area contributed by atoms with E-state index < -0.39 is 66.2 Å². The number of carbonyl (C=O) groups is 3. The molecule has 212 valence electrons. The van der Waals surface area contributed by atoms with Gasteiger partial charge in [0, 0.05) is 11.8 Å². The van der Waals surface area contributed by atoms with Crippen molar-refractivity contribution < 1.29 is 54.5 Å². The highest BCUT2D eigenvalue weighted by atomic mass is 16.7. The zero-order chi connectivity index (χ0) is 27.8. The molecule has 0 radical (unpaired) electrons. The lowest BCUT2D eigenvalue weighted by Gasteiger charge is -2.60. The SMILES string of the molecule is C[C@]12CCC(=O)C=C1CC[C@@H]1[C@@H]2[C@@H](O)C[C@@]2(C)[C@H]1CC[C@]2(O)C(=O)COC1OC(C(=O)O)C(O)C(O)C1O. The Balaban J connectivity index is 1.33. The number of allylic oxidation sites excluding steroid dienone is 1. The second-order valence-electron chi connectivity index (χ2n) is 12.4. The molecule has 1 saturated heterocycles. The molecule has 0 aromatic heterocycles. The molecule has 1 heterocycles. The molecular formula is C27H38O11. The van der Waals surface area contributed by atoms with Crippen molar-refractivity contribution in [3.63, 3.8) is 0 Å². The zero-order valence-electron chi connectivity index (χ0n) is 21.7. The fourth-order valence-corrected chi connectivity index (χ4v) is 8.62. The maximum atomic E-state index is 13.5. The molecule has 4 aliphatic carbocycles. The van der Waals surface area contributed by atoms with Gasteiger partial charge in [-0.15, -0.1) is 0 Å². The van der Waals surface area contributed by atoms with Crippen molar-refractivity contribution >= 4 is 17.5 Å². The normalized spacial score (nSPS) is 50.4. The summed E-state index contributed by atoms with van der Waals surface area (Å²) in [6.07, 6.45) is -4.58. The molecule has 0 spiro atoms. The van der Waals surface area contributed by atoms with E-state index in [9.17, 15) is 45.0 Å². The molecule has 0 bridgehead atoms. The fourth-order valence-electron chi connectivity index (χ4n) is 8.62. The van der Waals surface area contributed by atoms with Gasteiger partial charge >= 0.3 is 5.97 Å². The second kappa shape index (κ2) is 9.43. The number of ether oxygens (including phenoxy) is 2. The minimum Gasteiger partial charge on any atom is -0.479 e. The van der Waals surface area contributed by atoms with E-state index in [1.807, 2.05) is 6.92 Å². The van der Waals surface area contributed by atoms with Crippen LogP contribution in [0.1, 0.15) is 58.8 Å². The van der Waals surface area contributed by atoms with Crippen LogP contribution >= 0.6 is 0 Å². The predicted octanol–water partition coefficient (Wildman–Crippen LogP) is -0.302. The van der Waals surface area contributed by atoms with Gasteiger partial charge in [0.1, 0.15) is 30.5 Å². The van der Waals surface area contributed by atoms with E-state index in [0.29, 0.717) is 19.3 Å². The summed E-state index contributed by atoms with van der Waals surface area (Å²) >= 11 is 0. The van der Waals surface area contributed by atoms with Crippen molar-refractivity contribution in [3.8, 4) is 0 Å². The molecule has 5 unspecified atom stereocenters. The van der Waals surface area contributed by atoms with Crippen molar-refractivity contribution in [1.82, 2.24) is 0 Å². The average molecular weight is 539 g/mol. The smallest absolute Gasteiger partial charge is 0.335 e. The molecule has 0 aromatic rings. The van der Waals surface area contributed by atoms with Crippen LogP contribution in [0.5, 0.6) is 0 Å². The van der Waals surface area contributed by atoms with Crippen LogP contribution in [-0.2, 0) is 23.9 Å². The highest BCUT2D eigenvalue weighted by Gasteiger charge is 2.68. The Labute approximate surface area is 220 Å². The third-order valence-electron chi connectivity index (χ3n) is 10.7. The van der Waals surface area contributed by atoms with E-state index in [1.54, 1.807) is 6.08 Å². The first kappa shape index (κ1) is 27.8. The van der Waals surface area contributed by atoms with Gasteiger partial charge in [-0.05, 0) is 67.8 Å². The van der Waals surface area contributed by atoms with Crippen LogP contribution in [-0.4, -0.2) is 97.2 Å². The molecule has 11 heteroatoms. The van der Waals surface area contributed by atoms with E-state index in [4.69, 9.17) is 9.47 Å². The largest absolute Gasteiger partial charge is 0.479 e. The van der Waals surface area contributed by atoms with Crippen molar-refractivity contribution in [2.75, 3.05) is 6.61 Å². The van der Waals surface area contributed by atoms with Gasteiger partial charge in [0.25, 0.3) is 0 Å². The molecule has 0 aromatic carbocycles. The van der Waals surface area contributed by atoms with E-state index in [0.717, 1.165) is 18.4 Å². The number of aliphatic carboxylic acids is 1. The third kappa shape index (κ3) is 3.93. The average Bonchev–Trinajstić information content (AvgIpc) is 3.13. The van der Waals surface area contributed by atoms with Crippen LogP contribution < -0.4 is 0 Å². The number of rotatable bonds is 5. The van der Waals surface area contributed by atoms with E-state index >= 15 is 0 Å². The first-order chi connectivity index (χ1) is 17.7. The van der Waals surface area contributed by atoms with Crippen LogP contribution in [0, 0.1) is 28.6 Å². The Bertz CT molecular complexity index is 1040. The molecule has 1 aliphatic heterocycles. The molecule has 6 N–H and O–H groups in total. The minimum absolute atomic E-state index is 0.0364. The Morgan fingerprint density at radius 3 is 2.45 bits per heavy atom. The van der Waals surface area contributed by atoms with Crippen LogP contribution in [0.3, 0.4) is 0 Å². The number of ketones is 2. The second-order valence-corrected chi connectivity index (χ2v) is 12.4. The number of carboxylic acids is 1. The summed E-state index contributed by atoms with van der Waals surface area (Å²) in [5, 5.41) is 62.6. The van der Waals surface area contributed by atoms with Gasteiger partial charge in [-0.1, -0.05) is 19.4 Å². The van der Waals surface area contributed by atoms with E-state index in [1.165, 1.54) is 0 Å². The van der Waals surface area contributed by atoms with Crippen LogP contribution in [0.15, 0.2) is 11.6 Å². The van der Waals surface area contributed by atoms with Gasteiger partial charge in [-0.2, -0.15) is 0 Å². The van der Waals surface area contributed by atoms with Crippen molar-refractivity contribution in [2.24, 2.45) is 28.6 Å². The summed E-state index contributed by atoms with van der Waals surface area (Å²) in [7, 11) is 0. The molecule has 12 atom stereocenters. The number of carboxylic acid groups (broad SMARTS) is 1. The predicted molar refractivity (Wildman–Crippen MR) is 128 cm³/mol. The first-order valence-corrected chi connectivity index (χ1v) is 13.5. The molecule has 5 aliphatic rings. The molecular weight excluding hydrogens is 500 g/mol. The van der Waals surface area contributed by atoms with Crippen molar-refractivity contribution in [2.45, 2.75) is 101 Å². The Kier molecular flexibility index (Phi) is 6.91. The molecule has 4 fully saturated rings. The number of aliphatic hydroxyl groups excluding tert-OH is 4. The van der Waals surface area contributed by atoms with Gasteiger partial charge in [0.05, 0.1) is 6.10 Å². The van der Waals surface area contributed by atoms with Crippen LogP contribution in [0.4, 0.5) is 0 Å². The summed E-state index contributed by atoms with van der Waals surface area (Å²) in [5.74, 6) is -2.17. The fraction of sp³-hybridized carbons (Fsp3) is 0.815. The van der Waals surface area contributed by atoms with Crippen LogP contribution in [0.2, 0.25) is 0 Å². The molecule has 5 rings (SSSR count). The molecule has 3 saturated carbocycles. The summed E-state index contributed by atoms with van der Waals surface area (Å²) in [4.78, 5) is 36.9. The molecule has 0 amide bonds. The number of fused-ring (bicyclic) bond motifs is 5. The van der Waals surface area contributed by atoms with Gasteiger partial charge in [0.2, 0.25) is 0 Å². The quantitative estimate of drug-likeness (QED) is 0.269. The lowest BCUT2D eigenvalue weighted by Crippen LogP contribution is -2.63. The highest BCUT2D eigenvalue weighted by Crippen LogP contribution is 2.67. The highest BCUT2D eigenvalue weighted by molar-refractivity contribution is 5.92. The standard InChI is InChI=1S/C27H38O11/c1-25-7-5-13(28)9-12(25)3-4-14-15-6-8-27(36,26(15,2)10-16(29)18(14)25)17(30)11-37-24-21(33)19(31)20(32)22(38-24)23(34)35/h9,14-16,18-22,24,29,31-33,36H,3-8,10-11H2,1-2H3,(H,34,35)/t14-,15-,16-,18+,19?,20?,21?,22?,24?,25-,26-,27-/m0/s1. The lowest BCUT2D eigenvalue weighted by atomic mass is 9.45.